The van der Waals surface area contributed by atoms with Gasteiger partial charge >= 0.3 is 5.97 Å². The molecule has 118 valence electrons. The van der Waals surface area contributed by atoms with E-state index in [2.05, 4.69) is 0 Å². The first-order chi connectivity index (χ1) is 9.98. The van der Waals surface area contributed by atoms with Gasteiger partial charge in [-0.1, -0.05) is 20.8 Å². The summed E-state index contributed by atoms with van der Waals surface area (Å²) < 4.78 is 11.2. The minimum Gasteiger partial charge on any atom is -0.460 e. The Morgan fingerprint density at radius 3 is 2.23 bits per heavy atom. The summed E-state index contributed by atoms with van der Waals surface area (Å²) in [6.07, 6.45) is 0. The monoisotopic (exact) mass is 302 g/mol. The van der Waals surface area contributed by atoms with Crippen molar-refractivity contribution in [2.45, 2.75) is 47.0 Å². The van der Waals surface area contributed by atoms with Gasteiger partial charge in [0.15, 0.2) is 5.43 Å². The lowest BCUT2D eigenvalue weighted by molar-refractivity contribution is -0.142. The molecule has 0 bridgehead atoms. The van der Waals surface area contributed by atoms with E-state index in [9.17, 15) is 9.59 Å². The molecule has 0 aliphatic heterocycles. The van der Waals surface area contributed by atoms with Gasteiger partial charge in [0.05, 0.1) is 10.8 Å². The molecule has 0 aliphatic carbocycles. The van der Waals surface area contributed by atoms with E-state index in [0.29, 0.717) is 22.5 Å². The van der Waals surface area contributed by atoms with Gasteiger partial charge in [-0.3, -0.25) is 9.59 Å². The minimum atomic E-state index is -0.594. The fourth-order valence-corrected chi connectivity index (χ4v) is 1.83. The Hall–Kier alpha value is -2.10. The Morgan fingerprint density at radius 2 is 1.68 bits per heavy atom. The lowest BCUT2D eigenvalue weighted by atomic mass is 9.92. The van der Waals surface area contributed by atoms with Crippen molar-refractivity contribution in [3.8, 4) is 5.75 Å². The lowest BCUT2D eigenvalue weighted by Crippen LogP contribution is -2.25. The van der Waals surface area contributed by atoms with Gasteiger partial charge in [0.2, 0.25) is 0 Å². The van der Waals surface area contributed by atoms with Crippen LogP contribution in [0.2, 0.25) is 0 Å². The third-order valence-electron chi connectivity index (χ3n) is 3.26. The number of esters is 1. The fourth-order valence-electron chi connectivity index (χ4n) is 1.83. The highest BCUT2D eigenvalue weighted by Gasteiger charge is 2.24. The zero-order chi connectivity index (χ0) is 16.7. The zero-order valence-electron chi connectivity index (χ0n) is 13.9. The molecule has 4 heteroatoms. The molecule has 0 radical (unpaired) electrons. The molecule has 0 unspecified atom stereocenters. The maximum atomic E-state index is 12.2. The van der Waals surface area contributed by atoms with Crippen molar-refractivity contribution >= 4 is 16.9 Å². The predicted octanol–water partition coefficient (Wildman–Crippen LogP) is 4.04. The highest BCUT2D eigenvalue weighted by molar-refractivity contribution is 5.81. The second-order valence-corrected chi connectivity index (χ2v) is 7.52. The molecule has 0 saturated heterocycles. The molecule has 4 nitrogen and oxygen atoms in total. The Balaban J connectivity index is 2.50. The van der Waals surface area contributed by atoms with Crippen LogP contribution in [0.3, 0.4) is 0 Å². The Morgan fingerprint density at radius 1 is 1.05 bits per heavy atom. The third-order valence-corrected chi connectivity index (χ3v) is 3.26. The largest absolute Gasteiger partial charge is 0.460 e. The molecule has 1 heterocycles. The summed E-state index contributed by atoms with van der Waals surface area (Å²) >= 11 is 0. The molecule has 0 spiro atoms. The van der Waals surface area contributed by atoms with E-state index in [-0.39, 0.29) is 16.8 Å². The number of benzene rings is 1. The molecule has 0 aliphatic rings. The molecular weight excluding hydrogens is 280 g/mol. The quantitative estimate of drug-likeness (QED) is 0.589. The van der Waals surface area contributed by atoms with Gasteiger partial charge < -0.3 is 9.15 Å². The van der Waals surface area contributed by atoms with Gasteiger partial charge in [0, 0.05) is 17.5 Å². The average Bonchev–Trinajstić information content (AvgIpc) is 2.36. The van der Waals surface area contributed by atoms with E-state index < -0.39 is 5.41 Å². The molecule has 2 aromatic rings. The second-order valence-electron chi connectivity index (χ2n) is 7.52. The molecule has 1 aromatic carbocycles. The summed E-state index contributed by atoms with van der Waals surface area (Å²) in [7, 11) is 0. The van der Waals surface area contributed by atoms with Crippen LogP contribution in [0.1, 0.15) is 47.3 Å². The highest BCUT2D eigenvalue weighted by atomic mass is 16.5. The molecule has 2 rings (SSSR count). The fraction of sp³-hybridized carbons (Fsp3) is 0.444. The number of rotatable bonds is 1. The molecule has 0 fully saturated rings. The summed E-state index contributed by atoms with van der Waals surface area (Å²) in [5.41, 5.74) is -0.536. The molecule has 0 saturated carbocycles. The van der Waals surface area contributed by atoms with Gasteiger partial charge in [-0.25, -0.2) is 0 Å². The first-order valence-corrected chi connectivity index (χ1v) is 7.29. The van der Waals surface area contributed by atoms with E-state index >= 15 is 0 Å². The number of hydrogen-bond acceptors (Lipinski definition) is 4. The van der Waals surface area contributed by atoms with Crippen LogP contribution in [0.25, 0.3) is 11.0 Å². The van der Waals surface area contributed by atoms with Crippen LogP contribution in [0.15, 0.2) is 33.5 Å². The molecule has 0 N–H and O–H groups in total. The van der Waals surface area contributed by atoms with Crippen molar-refractivity contribution in [1.82, 2.24) is 0 Å². The lowest BCUT2D eigenvalue weighted by Gasteiger charge is -2.18. The third kappa shape index (κ3) is 3.38. The zero-order valence-corrected chi connectivity index (χ0v) is 13.9. The topological polar surface area (TPSA) is 56.5 Å². The summed E-state index contributed by atoms with van der Waals surface area (Å²) in [6, 6.07) is 6.34. The van der Waals surface area contributed by atoms with E-state index in [0.717, 1.165) is 0 Å². The van der Waals surface area contributed by atoms with Gasteiger partial charge in [-0.05, 0) is 32.9 Å². The van der Waals surface area contributed by atoms with Crippen LogP contribution in [-0.2, 0) is 10.2 Å². The Labute approximate surface area is 130 Å². The second kappa shape index (κ2) is 5.27. The van der Waals surface area contributed by atoms with Crippen molar-refractivity contribution in [3.63, 3.8) is 0 Å². The number of ether oxygens (including phenoxy) is 1. The van der Waals surface area contributed by atoms with Gasteiger partial charge in [-0.2, -0.15) is 0 Å². The maximum absolute atomic E-state index is 12.2. The van der Waals surface area contributed by atoms with E-state index in [4.69, 9.17) is 9.15 Å². The van der Waals surface area contributed by atoms with Crippen LogP contribution in [0.4, 0.5) is 0 Å². The van der Waals surface area contributed by atoms with Crippen molar-refractivity contribution in [3.05, 3.63) is 40.2 Å². The summed E-state index contributed by atoms with van der Waals surface area (Å²) in [6.45, 7) is 11.3. The number of carbonyl (C=O) groups is 1. The highest BCUT2D eigenvalue weighted by Crippen LogP contribution is 2.27. The average molecular weight is 302 g/mol. The minimum absolute atomic E-state index is 0.0973. The number of hydrogen-bond donors (Lipinski definition) is 0. The molecule has 1 aromatic heterocycles. The van der Waals surface area contributed by atoms with Crippen molar-refractivity contribution in [2.75, 3.05) is 0 Å². The van der Waals surface area contributed by atoms with E-state index in [1.807, 2.05) is 20.8 Å². The van der Waals surface area contributed by atoms with Crippen LogP contribution in [0, 0.1) is 5.41 Å². The Kier molecular flexibility index (Phi) is 3.90. The van der Waals surface area contributed by atoms with Gasteiger partial charge in [0.1, 0.15) is 17.1 Å². The maximum Gasteiger partial charge on any atom is 0.316 e. The number of fused-ring (bicyclic) bond motifs is 1. The van der Waals surface area contributed by atoms with Crippen LogP contribution in [0.5, 0.6) is 5.75 Å². The molecule has 0 atom stereocenters. The van der Waals surface area contributed by atoms with Gasteiger partial charge in [-0.15, -0.1) is 0 Å². The van der Waals surface area contributed by atoms with Crippen molar-refractivity contribution in [2.24, 2.45) is 5.41 Å². The first kappa shape index (κ1) is 16.3. The first-order valence-electron chi connectivity index (χ1n) is 7.29. The van der Waals surface area contributed by atoms with Crippen LogP contribution in [-0.4, -0.2) is 5.97 Å². The smallest absolute Gasteiger partial charge is 0.316 e. The summed E-state index contributed by atoms with van der Waals surface area (Å²) in [5, 5.41) is 0.476. The van der Waals surface area contributed by atoms with Crippen molar-refractivity contribution in [1.29, 1.82) is 0 Å². The summed E-state index contributed by atoms with van der Waals surface area (Å²) in [4.78, 5) is 24.1. The Bertz CT molecular complexity index is 770. The van der Waals surface area contributed by atoms with Gasteiger partial charge in [0.25, 0.3) is 0 Å². The van der Waals surface area contributed by atoms with E-state index in [1.54, 1.807) is 39.0 Å². The molecule has 0 amide bonds. The van der Waals surface area contributed by atoms with Crippen LogP contribution < -0.4 is 10.2 Å². The predicted molar refractivity (Wildman–Crippen MR) is 86.3 cm³/mol. The SMILES string of the molecule is CC(C)(C)C(=O)Oc1ccc2c(=O)cc(C(C)(C)C)oc2c1. The number of carbonyl (C=O) groups excluding carboxylic acids is 1. The standard InChI is InChI=1S/C18H22O4/c1-17(2,3)15-10-13(19)12-8-7-11(9-14(12)22-15)21-16(20)18(4,5)6/h7-10H,1-6H3. The van der Waals surface area contributed by atoms with Crippen molar-refractivity contribution < 1.29 is 13.9 Å². The van der Waals surface area contributed by atoms with E-state index in [1.165, 1.54) is 6.07 Å². The molecular formula is C18H22O4. The van der Waals surface area contributed by atoms with Crippen LogP contribution >= 0.6 is 0 Å². The summed E-state index contributed by atoms with van der Waals surface area (Å²) in [5.74, 6) is 0.645. The molecule has 22 heavy (non-hydrogen) atoms. The normalized spacial score (nSPS) is 12.5.